The fraction of sp³-hybridized carbons (Fsp3) is 0.542. The van der Waals surface area contributed by atoms with Crippen LogP contribution in [0.25, 0.3) is 0 Å². The second-order valence-electron chi connectivity index (χ2n) is 8.21. The van der Waals surface area contributed by atoms with Gasteiger partial charge in [-0.15, -0.1) is 0 Å². The SMILES string of the molecule is CCCCC(C)C(=N)C1=C(C(C#N)=CN2CCN(C(=O)c3ccoc3)CC2)CCOC1. The Kier molecular flexibility index (Phi) is 8.07. The summed E-state index contributed by atoms with van der Waals surface area (Å²) >= 11 is 0. The van der Waals surface area contributed by atoms with Crippen molar-refractivity contribution in [2.75, 3.05) is 39.4 Å². The first-order valence-electron chi connectivity index (χ1n) is 11.1. The molecule has 1 aromatic heterocycles. The highest BCUT2D eigenvalue weighted by molar-refractivity contribution is 6.01. The van der Waals surface area contributed by atoms with Gasteiger partial charge in [0.15, 0.2) is 0 Å². The smallest absolute Gasteiger partial charge is 0.257 e. The summed E-state index contributed by atoms with van der Waals surface area (Å²) in [5.74, 6) is 0.130. The van der Waals surface area contributed by atoms with Crippen molar-refractivity contribution >= 4 is 11.6 Å². The van der Waals surface area contributed by atoms with E-state index in [4.69, 9.17) is 14.6 Å². The van der Waals surface area contributed by atoms with E-state index in [0.29, 0.717) is 62.7 Å². The summed E-state index contributed by atoms with van der Waals surface area (Å²) in [4.78, 5) is 16.4. The summed E-state index contributed by atoms with van der Waals surface area (Å²) in [6.45, 7) is 7.73. The third-order valence-electron chi connectivity index (χ3n) is 6.04. The molecule has 0 spiro atoms. The van der Waals surface area contributed by atoms with Gasteiger partial charge in [0.25, 0.3) is 5.91 Å². The zero-order chi connectivity index (χ0) is 22.2. The van der Waals surface area contributed by atoms with E-state index in [1.54, 1.807) is 6.07 Å². The molecule has 1 aromatic rings. The number of carbonyl (C=O) groups is 1. The van der Waals surface area contributed by atoms with Crippen LogP contribution in [-0.4, -0.2) is 60.8 Å². The second-order valence-corrected chi connectivity index (χ2v) is 8.21. The van der Waals surface area contributed by atoms with Gasteiger partial charge in [0, 0.05) is 43.7 Å². The normalized spacial score (nSPS) is 18.7. The van der Waals surface area contributed by atoms with E-state index in [9.17, 15) is 10.1 Å². The Hall–Kier alpha value is -2.85. The van der Waals surface area contributed by atoms with Crippen molar-refractivity contribution in [1.82, 2.24) is 9.80 Å². The largest absolute Gasteiger partial charge is 0.472 e. The van der Waals surface area contributed by atoms with Crippen molar-refractivity contribution in [1.29, 1.82) is 10.7 Å². The highest BCUT2D eigenvalue weighted by Gasteiger charge is 2.25. The summed E-state index contributed by atoms with van der Waals surface area (Å²) in [7, 11) is 0. The molecule has 2 aliphatic heterocycles. The quantitative estimate of drug-likeness (QED) is 0.503. The Morgan fingerprint density at radius 3 is 2.74 bits per heavy atom. The molecular formula is C24H32N4O3. The molecular weight excluding hydrogens is 392 g/mol. The molecule has 7 heteroatoms. The minimum absolute atomic E-state index is 0.0261. The predicted molar refractivity (Wildman–Crippen MR) is 119 cm³/mol. The second kappa shape index (κ2) is 11.0. The maximum atomic E-state index is 12.5. The van der Waals surface area contributed by atoms with Crippen LogP contribution in [0.3, 0.4) is 0 Å². The van der Waals surface area contributed by atoms with Gasteiger partial charge in [0.2, 0.25) is 0 Å². The number of hydrogen-bond acceptors (Lipinski definition) is 6. The molecule has 3 rings (SSSR count). The maximum absolute atomic E-state index is 12.5. The molecule has 1 N–H and O–H groups in total. The lowest BCUT2D eigenvalue weighted by molar-refractivity contribution is 0.0678. The number of carbonyl (C=O) groups excluding carboxylic acids is 1. The van der Waals surface area contributed by atoms with Crippen molar-refractivity contribution in [2.45, 2.75) is 39.5 Å². The fourth-order valence-corrected chi connectivity index (χ4v) is 4.06. The van der Waals surface area contributed by atoms with Crippen molar-refractivity contribution < 1.29 is 13.9 Å². The number of amides is 1. The standard InChI is InChI=1S/C24H32N4O3/c1-3-4-5-18(2)23(26)22-17-31-13-7-21(22)20(14-25)15-27-8-10-28(11-9-27)24(29)19-6-12-30-16-19/h6,12,15-16,18,26H,3-5,7-11,13,17H2,1-2H3. The minimum Gasteiger partial charge on any atom is -0.472 e. The summed E-state index contributed by atoms with van der Waals surface area (Å²) in [5.41, 5.74) is 3.59. The number of nitriles is 1. The lowest BCUT2D eigenvalue weighted by Crippen LogP contribution is -2.46. The highest BCUT2D eigenvalue weighted by Crippen LogP contribution is 2.27. The Labute approximate surface area is 184 Å². The van der Waals surface area contributed by atoms with Crippen LogP contribution < -0.4 is 0 Å². The van der Waals surface area contributed by atoms with Crippen molar-refractivity contribution in [2.24, 2.45) is 5.92 Å². The molecule has 0 saturated carbocycles. The number of furan rings is 1. The number of nitrogens with zero attached hydrogens (tertiary/aromatic N) is 3. The van der Waals surface area contributed by atoms with Crippen LogP contribution in [0.5, 0.6) is 0 Å². The van der Waals surface area contributed by atoms with Crippen LogP contribution in [0.2, 0.25) is 0 Å². The molecule has 3 heterocycles. The fourth-order valence-electron chi connectivity index (χ4n) is 4.06. The van der Waals surface area contributed by atoms with E-state index in [2.05, 4.69) is 24.8 Å². The van der Waals surface area contributed by atoms with Gasteiger partial charge in [0.05, 0.1) is 30.6 Å². The molecule has 0 radical (unpaired) electrons. The average Bonchev–Trinajstić information content (AvgIpc) is 3.35. The number of nitrogens with one attached hydrogen (secondary N) is 1. The Bertz CT molecular complexity index is 871. The molecule has 1 unspecified atom stereocenters. The van der Waals surface area contributed by atoms with Gasteiger partial charge >= 0.3 is 0 Å². The predicted octanol–water partition coefficient (Wildman–Crippen LogP) is 4.01. The van der Waals surface area contributed by atoms with Crippen LogP contribution in [0.4, 0.5) is 0 Å². The van der Waals surface area contributed by atoms with Crippen molar-refractivity contribution in [3.8, 4) is 6.07 Å². The van der Waals surface area contributed by atoms with Gasteiger partial charge < -0.3 is 24.4 Å². The number of rotatable bonds is 8. The van der Waals surface area contributed by atoms with Gasteiger partial charge in [-0.2, -0.15) is 5.26 Å². The van der Waals surface area contributed by atoms with Crippen LogP contribution >= 0.6 is 0 Å². The van der Waals surface area contributed by atoms with Gasteiger partial charge in [-0.05, 0) is 30.4 Å². The minimum atomic E-state index is -0.0261. The first-order chi connectivity index (χ1) is 15.0. The third kappa shape index (κ3) is 5.65. The molecule has 0 bridgehead atoms. The van der Waals surface area contributed by atoms with E-state index in [0.717, 1.165) is 30.4 Å². The zero-order valence-corrected chi connectivity index (χ0v) is 18.5. The number of allylic oxidation sites excluding steroid dienone is 1. The molecule has 166 valence electrons. The van der Waals surface area contributed by atoms with E-state index in [1.807, 2.05) is 11.1 Å². The number of unbranched alkanes of at least 4 members (excludes halogenated alkanes) is 1. The summed E-state index contributed by atoms with van der Waals surface area (Å²) in [6, 6.07) is 4.04. The molecule has 2 aliphatic rings. The Morgan fingerprint density at radius 1 is 1.32 bits per heavy atom. The number of hydrogen-bond donors (Lipinski definition) is 1. The monoisotopic (exact) mass is 424 g/mol. The molecule has 1 amide bonds. The molecule has 1 fully saturated rings. The van der Waals surface area contributed by atoms with Crippen molar-refractivity contribution in [3.63, 3.8) is 0 Å². The molecule has 7 nitrogen and oxygen atoms in total. The Morgan fingerprint density at radius 2 is 2.10 bits per heavy atom. The maximum Gasteiger partial charge on any atom is 0.257 e. The van der Waals surface area contributed by atoms with Gasteiger partial charge in [-0.1, -0.05) is 26.7 Å². The Balaban J connectivity index is 1.71. The molecule has 31 heavy (non-hydrogen) atoms. The van der Waals surface area contributed by atoms with E-state index in [1.165, 1.54) is 12.5 Å². The van der Waals surface area contributed by atoms with Gasteiger partial charge in [-0.25, -0.2) is 0 Å². The van der Waals surface area contributed by atoms with Crippen LogP contribution in [0.1, 0.15) is 49.9 Å². The first-order valence-corrected chi connectivity index (χ1v) is 11.1. The summed E-state index contributed by atoms with van der Waals surface area (Å²) in [5, 5.41) is 18.6. The molecule has 1 saturated heterocycles. The topological polar surface area (TPSA) is 93.6 Å². The summed E-state index contributed by atoms with van der Waals surface area (Å²) < 4.78 is 10.7. The van der Waals surface area contributed by atoms with Crippen LogP contribution in [0, 0.1) is 22.7 Å². The molecule has 0 aromatic carbocycles. The highest BCUT2D eigenvalue weighted by atomic mass is 16.5. The van der Waals surface area contributed by atoms with E-state index >= 15 is 0 Å². The lowest BCUT2D eigenvalue weighted by atomic mass is 9.87. The average molecular weight is 425 g/mol. The van der Waals surface area contributed by atoms with Crippen LogP contribution in [0.15, 0.2) is 45.9 Å². The molecule has 1 atom stereocenters. The zero-order valence-electron chi connectivity index (χ0n) is 18.5. The van der Waals surface area contributed by atoms with Crippen LogP contribution in [-0.2, 0) is 4.74 Å². The number of ether oxygens (including phenoxy) is 1. The van der Waals surface area contributed by atoms with Gasteiger partial charge in [0.1, 0.15) is 12.3 Å². The van der Waals surface area contributed by atoms with E-state index < -0.39 is 0 Å². The van der Waals surface area contributed by atoms with Gasteiger partial charge in [-0.3, -0.25) is 4.79 Å². The van der Waals surface area contributed by atoms with E-state index in [-0.39, 0.29) is 11.8 Å². The number of piperazine rings is 1. The summed E-state index contributed by atoms with van der Waals surface area (Å²) in [6.07, 6.45) is 8.71. The third-order valence-corrected chi connectivity index (χ3v) is 6.04. The van der Waals surface area contributed by atoms with Crippen molar-refractivity contribution in [3.05, 3.63) is 47.1 Å². The molecule has 0 aliphatic carbocycles. The first kappa shape index (κ1) is 22.8. The lowest BCUT2D eigenvalue weighted by Gasteiger charge is -2.34.